The molecule has 1 aromatic rings. The van der Waals surface area contributed by atoms with Gasteiger partial charge in [-0.25, -0.2) is 0 Å². The van der Waals surface area contributed by atoms with Crippen LogP contribution in [0.3, 0.4) is 0 Å². The van der Waals surface area contributed by atoms with E-state index in [1.165, 1.54) is 5.57 Å². The van der Waals surface area contributed by atoms with Crippen LogP contribution in [0.1, 0.15) is 25.3 Å². The van der Waals surface area contributed by atoms with E-state index in [1.54, 1.807) is 20.3 Å². The first-order valence-corrected chi connectivity index (χ1v) is 8.38. The number of methoxy groups -OCH3 is 2. The van der Waals surface area contributed by atoms with Gasteiger partial charge in [0.1, 0.15) is 0 Å². The Kier molecular flexibility index (Phi) is 9.61. The fourth-order valence-electron chi connectivity index (χ4n) is 2.18. The summed E-state index contributed by atoms with van der Waals surface area (Å²) >= 11 is 0. The van der Waals surface area contributed by atoms with Gasteiger partial charge in [0.05, 0.1) is 14.2 Å². The van der Waals surface area contributed by atoms with Gasteiger partial charge in [-0.2, -0.15) is 0 Å². The van der Waals surface area contributed by atoms with Crippen molar-refractivity contribution in [3.8, 4) is 11.5 Å². The van der Waals surface area contributed by atoms with Gasteiger partial charge in [-0.15, -0.1) is 6.58 Å². The molecule has 0 aliphatic heterocycles. The van der Waals surface area contributed by atoms with Crippen LogP contribution in [0.15, 0.2) is 73.0 Å². The Morgan fingerprint density at radius 1 is 1.16 bits per heavy atom. The number of benzene rings is 1. The zero-order chi connectivity index (χ0) is 18.5. The molecule has 3 nitrogen and oxygen atoms in total. The van der Waals surface area contributed by atoms with Gasteiger partial charge in [-0.1, -0.05) is 42.5 Å². The van der Waals surface area contributed by atoms with Gasteiger partial charge >= 0.3 is 0 Å². The van der Waals surface area contributed by atoms with Crippen LogP contribution >= 0.6 is 0 Å². The Balaban J connectivity index is 2.68. The van der Waals surface area contributed by atoms with Crippen molar-refractivity contribution in [2.24, 2.45) is 0 Å². The molecule has 1 rings (SSSR count). The average molecular weight is 339 g/mol. The predicted molar refractivity (Wildman–Crippen MR) is 108 cm³/mol. The zero-order valence-electron chi connectivity index (χ0n) is 15.5. The summed E-state index contributed by atoms with van der Waals surface area (Å²) in [6.07, 6.45) is 13.9. The summed E-state index contributed by atoms with van der Waals surface area (Å²) < 4.78 is 10.6. The van der Waals surface area contributed by atoms with Crippen molar-refractivity contribution >= 4 is 6.08 Å². The highest BCUT2D eigenvalue weighted by atomic mass is 16.5. The molecule has 1 aromatic carbocycles. The number of hydrogen-bond acceptors (Lipinski definition) is 3. The number of hydrogen-bond donors (Lipinski definition) is 1. The molecule has 134 valence electrons. The monoisotopic (exact) mass is 339 g/mol. The topological polar surface area (TPSA) is 30.5 Å². The van der Waals surface area contributed by atoms with Gasteiger partial charge in [0, 0.05) is 6.54 Å². The van der Waals surface area contributed by atoms with E-state index in [-0.39, 0.29) is 0 Å². The number of allylic oxidation sites excluding steroid dienone is 6. The summed E-state index contributed by atoms with van der Waals surface area (Å²) in [7, 11) is 3.27. The van der Waals surface area contributed by atoms with Crippen molar-refractivity contribution in [2.45, 2.75) is 19.8 Å². The molecule has 0 spiro atoms. The average Bonchev–Trinajstić information content (AvgIpc) is 2.61. The van der Waals surface area contributed by atoms with Gasteiger partial charge in [0.25, 0.3) is 0 Å². The molecule has 0 atom stereocenters. The molecule has 0 heterocycles. The molecular formula is C22H29NO2. The fourth-order valence-corrected chi connectivity index (χ4v) is 2.18. The molecule has 0 saturated carbocycles. The SMILES string of the molecule is C=C/C=C(\C=C/NCCCC(=C)C)/C=C/c1ccc(OC)c(OC)c1. The lowest BCUT2D eigenvalue weighted by Gasteiger charge is -2.07. The molecule has 0 fully saturated rings. The lowest BCUT2D eigenvalue weighted by Crippen LogP contribution is -2.06. The maximum atomic E-state index is 5.33. The maximum absolute atomic E-state index is 5.33. The summed E-state index contributed by atoms with van der Waals surface area (Å²) in [4.78, 5) is 0. The van der Waals surface area contributed by atoms with Crippen LogP contribution in [-0.2, 0) is 0 Å². The Bertz CT molecular complexity index is 654. The van der Waals surface area contributed by atoms with Crippen LogP contribution in [0.5, 0.6) is 11.5 Å². The molecule has 0 aromatic heterocycles. The van der Waals surface area contributed by atoms with E-state index in [2.05, 4.69) is 25.4 Å². The molecule has 3 heteroatoms. The highest BCUT2D eigenvalue weighted by Gasteiger charge is 2.02. The zero-order valence-corrected chi connectivity index (χ0v) is 15.5. The molecule has 0 aliphatic rings. The Morgan fingerprint density at radius 2 is 1.92 bits per heavy atom. The lowest BCUT2D eigenvalue weighted by atomic mass is 10.1. The van der Waals surface area contributed by atoms with E-state index >= 15 is 0 Å². The molecule has 0 amide bonds. The molecule has 0 bridgehead atoms. The van der Waals surface area contributed by atoms with Gasteiger partial charge in [-0.3, -0.25) is 0 Å². The predicted octanol–water partition coefficient (Wildman–Crippen LogP) is 5.29. The van der Waals surface area contributed by atoms with Gasteiger partial charge < -0.3 is 14.8 Å². The van der Waals surface area contributed by atoms with E-state index < -0.39 is 0 Å². The summed E-state index contributed by atoms with van der Waals surface area (Å²) in [5, 5.41) is 3.29. The minimum absolute atomic E-state index is 0.716. The minimum atomic E-state index is 0.716. The summed E-state index contributed by atoms with van der Waals surface area (Å²) in [5.74, 6) is 1.44. The third-order valence-corrected chi connectivity index (χ3v) is 3.50. The molecule has 25 heavy (non-hydrogen) atoms. The Labute approximate surface area is 152 Å². The van der Waals surface area contributed by atoms with E-state index in [9.17, 15) is 0 Å². The van der Waals surface area contributed by atoms with Gasteiger partial charge in [0.15, 0.2) is 11.5 Å². The fraction of sp³-hybridized carbons (Fsp3) is 0.273. The summed E-state index contributed by atoms with van der Waals surface area (Å²) in [6, 6.07) is 5.83. The van der Waals surface area contributed by atoms with Crippen molar-refractivity contribution in [3.63, 3.8) is 0 Å². The van der Waals surface area contributed by atoms with Crippen molar-refractivity contribution in [1.29, 1.82) is 0 Å². The third-order valence-electron chi connectivity index (χ3n) is 3.50. The van der Waals surface area contributed by atoms with E-state index in [1.807, 2.05) is 48.7 Å². The standard InChI is InChI=1S/C22H29NO2/c1-6-8-19(14-16-23-15-7-9-18(2)3)10-11-20-12-13-21(24-4)22(17-20)25-5/h6,8,10-14,16-17,23H,1-2,7,9,15H2,3-5H3/b11-10+,16-14-,19-8-. The second kappa shape index (κ2) is 11.8. The first-order chi connectivity index (χ1) is 12.1. The van der Waals surface area contributed by atoms with Crippen LogP contribution in [0.4, 0.5) is 0 Å². The number of nitrogens with one attached hydrogen (secondary N) is 1. The molecule has 0 aliphatic carbocycles. The summed E-state index contributed by atoms with van der Waals surface area (Å²) in [6.45, 7) is 10.7. The largest absolute Gasteiger partial charge is 0.493 e. The number of ether oxygens (including phenoxy) is 2. The van der Waals surface area contributed by atoms with Crippen LogP contribution < -0.4 is 14.8 Å². The smallest absolute Gasteiger partial charge is 0.161 e. The quantitative estimate of drug-likeness (QED) is 0.337. The van der Waals surface area contributed by atoms with E-state index in [0.29, 0.717) is 5.75 Å². The van der Waals surface area contributed by atoms with E-state index in [4.69, 9.17) is 9.47 Å². The second-order valence-corrected chi connectivity index (χ2v) is 5.70. The van der Waals surface area contributed by atoms with Crippen LogP contribution in [0.25, 0.3) is 6.08 Å². The van der Waals surface area contributed by atoms with Crippen LogP contribution in [-0.4, -0.2) is 20.8 Å². The molecule has 1 N–H and O–H groups in total. The first kappa shape index (κ1) is 20.4. The molecule has 0 saturated heterocycles. The summed E-state index contributed by atoms with van der Waals surface area (Å²) in [5.41, 5.74) is 3.31. The van der Waals surface area contributed by atoms with Crippen LogP contribution in [0.2, 0.25) is 0 Å². The molecule has 0 radical (unpaired) electrons. The highest BCUT2D eigenvalue weighted by molar-refractivity contribution is 5.59. The highest BCUT2D eigenvalue weighted by Crippen LogP contribution is 2.28. The molecule has 0 unspecified atom stereocenters. The van der Waals surface area contributed by atoms with Gasteiger partial charge in [0.2, 0.25) is 0 Å². The van der Waals surface area contributed by atoms with Crippen molar-refractivity contribution in [3.05, 3.63) is 78.6 Å². The first-order valence-electron chi connectivity index (χ1n) is 8.38. The third kappa shape index (κ3) is 8.11. The van der Waals surface area contributed by atoms with Crippen molar-refractivity contribution in [1.82, 2.24) is 5.32 Å². The maximum Gasteiger partial charge on any atom is 0.161 e. The Hall–Kier alpha value is -2.68. The van der Waals surface area contributed by atoms with Gasteiger partial charge in [-0.05, 0) is 55.3 Å². The van der Waals surface area contributed by atoms with Crippen LogP contribution in [0, 0.1) is 0 Å². The molecular weight excluding hydrogens is 310 g/mol. The van der Waals surface area contributed by atoms with Crippen molar-refractivity contribution < 1.29 is 9.47 Å². The Morgan fingerprint density at radius 3 is 2.56 bits per heavy atom. The second-order valence-electron chi connectivity index (χ2n) is 5.70. The lowest BCUT2D eigenvalue weighted by molar-refractivity contribution is 0.355. The normalized spacial score (nSPS) is 11.7. The van der Waals surface area contributed by atoms with Crippen molar-refractivity contribution in [2.75, 3.05) is 20.8 Å². The van der Waals surface area contributed by atoms with E-state index in [0.717, 1.165) is 36.3 Å². The number of rotatable bonds is 11. The minimum Gasteiger partial charge on any atom is -0.493 e.